The van der Waals surface area contributed by atoms with E-state index < -0.39 is 0 Å². The van der Waals surface area contributed by atoms with Gasteiger partial charge in [-0.1, -0.05) is 24.8 Å². The van der Waals surface area contributed by atoms with Gasteiger partial charge in [-0.15, -0.1) is 0 Å². The van der Waals surface area contributed by atoms with Crippen LogP contribution in [0.4, 0.5) is 0 Å². The van der Waals surface area contributed by atoms with Gasteiger partial charge in [0.15, 0.2) is 0 Å². The molecule has 0 bridgehead atoms. The van der Waals surface area contributed by atoms with Crippen molar-refractivity contribution in [1.82, 2.24) is 0 Å². The summed E-state index contributed by atoms with van der Waals surface area (Å²) in [5.74, 6) is 0. The van der Waals surface area contributed by atoms with Gasteiger partial charge < -0.3 is 5.73 Å². The molecule has 0 aliphatic heterocycles. The molecule has 3 nitrogen and oxygen atoms in total. The number of aryl methyl sites for hydroxylation is 1. The Morgan fingerprint density at radius 1 is 1.53 bits per heavy atom. The molecule has 1 aromatic carbocycles. The zero-order chi connectivity index (χ0) is 13.0. The summed E-state index contributed by atoms with van der Waals surface area (Å²) < 4.78 is 0. The topological polar surface area (TPSA) is 73.7 Å². The fourth-order valence-corrected chi connectivity index (χ4v) is 1.51. The number of rotatable bonds is 3. The predicted molar refractivity (Wildman–Crippen MR) is 70.6 cm³/mol. The molecule has 0 radical (unpaired) electrons. The van der Waals surface area contributed by atoms with Gasteiger partial charge in [0.2, 0.25) is 0 Å². The first-order valence-electron chi connectivity index (χ1n) is 5.20. The molecule has 1 rings (SSSR count). The highest BCUT2D eigenvalue weighted by molar-refractivity contribution is 6.14. The zero-order valence-electron chi connectivity index (χ0n) is 10.0. The molecule has 0 saturated heterocycles. The summed E-state index contributed by atoms with van der Waals surface area (Å²) in [6.07, 6.45) is 1.71. The number of benzene rings is 1. The molecule has 0 aromatic heterocycles. The van der Waals surface area contributed by atoms with Crippen LogP contribution in [-0.4, -0.2) is 5.71 Å². The summed E-state index contributed by atoms with van der Waals surface area (Å²) in [5, 5.41) is 17.0. The van der Waals surface area contributed by atoms with Crippen molar-refractivity contribution in [3.05, 3.63) is 52.7 Å². The van der Waals surface area contributed by atoms with Crippen LogP contribution in [0, 0.1) is 23.7 Å². The maximum atomic E-state index is 9.00. The summed E-state index contributed by atoms with van der Waals surface area (Å²) in [5.41, 5.74) is 8.91. The van der Waals surface area contributed by atoms with Crippen LogP contribution in [0.25, 0.3) is 6.08 Å². The first-order valence-corrected chi connectivity index (χ1v) is 5.20. The number of nitrogens with one attached hydrogen (secondary N) is 1. The minimum atomic E-state index is 0.161. The second-order valence-electron chi connectivity index (χ2n) is 3.82. The lowest BCUT2D eigenvalue weighted by molar-refractivity contribution is 1.27. The van der Waals surface area contributed by atoms with E-state index in [9.17, 15) is 0 Å². The van der Waals surface area contributed by atoms with Crippen molar-refractivity contribution in [3.63, 3.8) is 0 Å². The maximum absolute atomic E-state index is 9.00. The summed E-state index contributed by atoms with van der Waals surface area (Å²) in [6, 6.07) is 7.63. The molecule has 17 heavy (non-hydrogen) atoms. The molecule has 0 spiro atoms. The van der Waals surface area contributed by atoms with E-state index in [1.54, 1.807) is 13.0 Å². The van der Waals surface area contributed by atoms with Gasteiger partial charge in [0.25, 0.3) is 0 Å². The molecule has 0 heterocycles. The Bertz CT molecular complexity index is 541. The third kappa shape index (κ3) is 2.61. The van der Waals surface area contributed by atoms with Crippen LogP contribution < -0.4 is 5.73 Å². The first kappa shape index (κ1) is 12.7. The summed E-state index contributed by atoms with van der Waals surface area (Å²) in [6.45, 7) is 7.21. The Morgan fingerprint density at radius 2 is 2.18 bits per heavy atom. The van der Waals surface area contributed by atoms with Gasteiger partial charge in [-0.3, -0.25) is 5.41 Å². The van der Waals surface area contributed by atoms with Crippen molar-refractivity contribution in [3.8, 4) is 6.07 Å². The quantitative estimate of drug-likeness (QED) is 0.613. The van der Waals surface area contributed by atoms with Gasteiger partial charge in [0.05, 0.1) is 11.3 Å². The zero-order valence-corrected chi connectivity index (χ0v) is 10.0. The number of nitrogens with two attached hydrogens (primary N) is 1. The summed E-state index contributed by atoms with van der Waals surface area (Å²) >= 11 is 0. The Hall–Kier alpha value is -2.34. The van der Waals surface area contributed by atoms with Gasteiger partial charge in [0.1, 0.15) is 6.07 Å². The first-order chi connectivity index (χ1) is 8.01. The van der Waals surface area contributed by atoms with Crippen molar-refractivity contribution in [2.75, 3.05) is 0 Å². The Morgan fingerprint density at radius 3 is 2.65 bits per heavy atom. The average molecular weight is 225 g/mol. The van der Waals surface area contributed by atoms with E-state index in [1.165, 1.54) is 0 Å². The largest absolute Gasteiger partial charge is 0.401 e. The number of hydrogen-bond donors (Lipinski definition) is 2. The van der Waals surface area contributed by atoms with Crippen molar-refractivity contribution in [2.45, 2.75) is 13.8 Å². The van der Waals surface area contributed by atoms with Gasteiger partial charge in [-0.25, -0.2) is 0 Å². The SMILES string of the molecule is C=Cc1ccc(C)c(C(=N)C(C#N)=C(C)N)c1. The molecule has 3 N–H and O–H groups in total. The van der Waals surface area contributed by atoms with Crippen molar-refractivity contribution in [1.29, 1.82) is 10.7 Å². The standard InChI is InChI=1S/C14H15N3/c1-4-11-6-5-9(2)12(7-11)14(17)13(8-15)10(3)16/h4-7,17H,1,16H2,2-3H3. The molecule has 0 unspecified atom stereocenters. The second kappa shape index (κ2) is 5.13. The van der Waals surface area contributed by atoms with Crippen LogP contribution in [0.5, 0.6) is 0 Å². The van der Waals surface area contributed by atoms with Crippen LogP contribution in [0.1, 0.15) is 23.6 Å². The number of nitriles is 1. The van der Waals surface area contributed by atoms with E-state index in [1.807, 2.05) is 31.2 Å². The Balaban J connectivity index is 3.35. The van der Waals surface area contributed by atoms with E-state index in [0.29, 0.717) is 11.3 Å². The molecule has 0 atom stereocenters. The summed E-state index contributed by atoms with van der Waals surface area (Å²) in [7, 11) is 0. The number of nitrogens with zero attached hydrogens (tertiary/aromatic N) is 1. The molecule has 0 aliphatic rings. The lowest BCUT2D eigenvalue weighted by Crippen LogP contribution is -2.10. The van der Waals surface area contributed by atoms with Crippen molar-refractivity contribution in [2.24, 2.45) is 5.73 Å². The molecule has 0 amide bonds. The normalized spacial score (nSPS) is 11.4. The van der Waals surface area contributed by atoms with Crippen molar-refractivity contribution >= 4 is 11.8 Å². The smallest absolute Gasteiger partial charge is 0.103 e. The molecule has 1 aromatic rings. The number of allylic oxidation sites excluding steroid dienone is 2. The van der Waals surface area contributed by atoms with Gasteiger partial charge in [-0.2, -0.15) is 5.26 Å². The van der Waals surface area contributed by atoms with Gasteiger partial charge in [0, 0.05) is 11.3 Å². The number of hydrogen-bond acceptors (Lipinski definition) is 3. The van der Waals surface area contributed by atoms with Gasteiger partial charge in [-0.05, 0) is 31.0 Å². The Kier molecular flexibility index (Phi) is 3.84. The molecule has 0 aliphatic carbocycles. The molecule has 86 valence electrons. The third-order valence-electron chi connectivity index (χ3n) is 2.52. The van der Waals surface area contributed by atoms with Crippen LogP contribution >= 0.6 is 0 Å². The minimum absolute atomic E-state index is 0.161. The fourth-order valence-electron chi connectivity index (χ4n) is 1.51. The predicted octanol–water partition coefficient (Wildman–Crippen LogP) is 2.76. The van der Waals surface area contributed by atoms with E-state index in [-0.39, 0.29) is 11.3 Å². The van der Waals surface area contributed by atoms with Gasteiger partial charge >= 0.3 is 0 Å². The second-order valence-corrected chi connectivity index (χ2v) is 3.82. The molecule has 3 heteroatoms. The molecule has 0 saturated carbocycles. The summed E-state index contributed by atoms with van der Waals surface area (Å²) in [4.78, 5) is 0. The van der Waals surface area contributed by atoms with E-state index in [2.05, 4.69) is 6.58 Å². The Labute approximate surface area is 101 Å². The van der Waals surface area contributed by atoms with Crippen LogP contribution in [0.3, 0.4) is 0 Å². The fraction of sp³-hybridized carbons (Fsp3) is 0.143. The van der Waals surface area contributed by atoms with Crippen LogP contribution in [0.2, 0.25) is 0 Å². The third-order valence-corrected chi connectivity index (χ3v) is 2.52. The van der Waals surface area contributed by atoms with Crippen molar-refractivity contribution < 1.29 is 0 Å². The average Bonchev–Trinajstić information content (AvgIpc) is 2.30. The van der Waals surface area contributed by atoms with Crippen LogP contribution in [-0.2, 0) is 0 Å². The van der Waals surface area contributed by atoms with E-state index >= 15 is 0 Å². The molecule has 0 fully saturated rings. The molecular formula is C14H15N3. The monoisotopic (exact) mass is 225 g/mol. The lowest BCUT2D eigenvalue weighted by atomic mass is 9.96. The highest BCUT2D eigenvalue weighted by Gasteiger charge is 2.12. The van der Waals surface area contributed by atoms with E-state index in [0.717, 1.165) is 11.1 Å². The molecular weight excluding hydrogens is 210 g/mol. The minimum Gasteiger partial charge on any atom is -0.401 e. The highest BCUT2D eigenvalue weighted by atomic mass is 14.6. The maximum Gasteiger partial charge on any atom is 0.103 e. The lowest BCUT2D eigenvalue weighted by Gasteiger charge is -2.09. The highest BCUT2D eigenvalue weighted by Crippen LogP contribution is 2.17. The van der Waals surface area contributed by atoms with E-state index in [4.69, 9.17) is 16.4 Å². The van der Waals surface area contributed by atoms with Crippen LogP contribution in [0.15, 0.2) is 36.0 Å².